The molecule has 1 aliphatic rings. The molecule has 2 heterocycles. The van der Waals surface area contributed by atoms with Gasteiger partial charge in [0.2, 0.25) is 0 Å². The van der Waals surface area contributed by atoms with Crippen molar-refractivity contribution in [1.29, 1.82) is 0 Å². The van der Waals surface area contributed by atoms with Crippen LogP contribution in [0.5, 0.6) is 0 Å². The molecule has 0 saturated carbocycles. The highest BCUT2D eigenvalue weighted by molar-refractivity contribution is 6.05. The molecular weight excluding hydrogens is 178 g/mol. The Morgan fingerprint density at radius 2 is 2.21 bits per heavy atom. The molecule has 0 amide bonds. The van der Waals surface area contributed by atoms with Gasteiger partial charge in [-0.3, -0.25) is 4.98 Å². The maximum atomic E-state index is 11.4. The minimum absolute atomic E-state index is 0.254. The van der Waals surface area contributed by atoms with Crippen molar-refractivity contribution < 1.29 is 9.53 Å². The third kappa shape index (κ3) is 0.865. The SMILES string of the molecule is O=C1OCc2cccc3nccc1c23. The minimum Gasteiger partial charge on any atom is -0.457 e. The summed E-state index contributed by atoms with van der Waals surface area (Å²) < 4.78 is 5.03. The molecule has 0 saturated heterocycles. The van der Waals surface area contributed by atoms with Crippen molar-refractivity contribution in [1.82, 2.24) is 4.98 Å². The second-order valence-electron chi connectivity index (χ2n) is 3.25. The van der Waals surface area contributed by atoms with Gasteiger partial charge in [0.15, 0.2) is 0 Å². The molecule has 3 nitrogen and oxygen atoms in total. The predicted octanol–water partition coefficient (Wildman–Crippen LogP) is 1.91. The highest BCUT2D eigenvalue weighted by Gasteiger charge is 2.19. The normalized spacial score (nSPS) is 14.1. The largest absolute Gasteiger partial charge is 0.457 e. The Bertz CT molecular complexity index is 529. The van der Waals surface area contributed by atoms with E-state index >= 15 is 0 Å². The second kappa shape index (κ2) is 2.54. The second-order valence-corrected chi connectivity index (χ2v) is 3.25. The molecule has 14 heavy (non-hydrogen) atoms. The number of rotatable bonds is 0. The number of esters is 1. The van der Waals surface area contributed by atoms with Crippen molar-refractivity contribution in [3.63, 3.8) is 0 Å². The number of carbonyl (C=O) groups is 1. The average Bonchev–Trinajstić information content (AvgIpc) is 2.24. The number of aromatic nitrogens is 1. The number of hydrogen-bond donors (Lipinski definition) is 0. The van der Waals surface area contributed by atoms with E-state index in [1.165, 1.54) is 0 Å². The predicted molar refractivity (Wildman–Crippen MR) is 50.9 cm³/mol. The molecule has 0 N–H and O–H groups in total. The highest BCUT2D eigenvalue weighted by atomic mass is 16.5. The molecule has 1 aliphatic heterocycles. The Morgan fingerprint density at radius 1 is 1.29 bits per heavy atom. The summed E-state index contributed by atoms with van der Waals surface area (Å²) in [6.07, 6.45) is 1.63. The first-order chi connectivity index (χ1) is 6.86. The highest BCUT2D eigenvalue weighted by Crippen LogP contribution is 2.26. The standard InChI is InChI=1S/C11H7NO2/c13-11-8-4-5-12-9-3-1-2-7(6-14-11)10(8)9/h1-5H,6H2. The van der Waals surface area contributed by atoms with E-state index in [1.807, 2.05) is 18.2 Å². The Kier molecular flexibility index (Phi) is 1.36. The molecule has 1 aromatic carbocycles. The van der Waals surface area contributed by atoms with Gasteiger partial charge in [0, 0.05) is 11.6 Å². The fourth-order valence-electron chi connectivity index (χ4n) is 1.79. The van der Waals surface area contributed by atoms with Gasteiger partial charge in [0.25, 0.3) is 0 Å². The lowest BCUT2D eigenvalue weighted by Crippen LogP contribution is -2.12. The van der Waals surface area contributed by atoms with Gasteiger partial charge >= 0.3 is 5.97 Å². The van der Waals surface area contributed by atoms with E-state index in [0.29, 0.717) is 12.2 Å². The maximum absolute atomic E-state index is 11.4. The van der Waals surface area contributed by atoms with E-state index < -0.39 is 0 Å². The molecule has 3 heteroatoms. The van der Waals surface area contributed by atoms with Gasteiger partial charge in [-0.25, -0.2) is 4.79 Å². The molecule has 0 radical (unpaired) electrons. The number of cyclic esters (lactones) is 1. The van der Waals surface area contributed by atoms with Crippen LogP contribution in [-0.4, -0.2) is 11.0 Å². The first-order valence-corrected chi connectivity index (χ1v) is 4.40. The molecule has 0 bridgehead atoms. The Labute approximate surface area is 80.3 Å². The summed E-state index contributed by atoms with van der Waals surface area (Å²) in [7, 11) is 0. The van der Waals surface area contributed by atoms with Crippen molar-refractivity contribution in [2.75, 3.05) is 0 Å². The topological polar surface area (TPSA) is 39.2 Å². The monoisotopic (exact) mass is 185 g/mol. The van der Waals surface area contributed by atoms with Crippen molar-refractivity contribution in [3.8, 4) is 0 Å². The number of carbonyl (C=O) groups excluding carboxylic acids is 1. The molecular formula is C11H7NO2. The van der Waals surface area contributed by atoms with Crippen LogP contribution < -0.4 is 0 Å². The Morgan fingerprint density at radius 3 is 3.14 bits per heavy atom. The average molecular weight is 185 g/mol. The number of ether oxygens (including phenoxy) is 1. The van der Waals surface area contributed by atoms with Crippen LogP contribution in [0, 0.1) is 0 Å². The summed E-state index contributed by atoms with van der Waals surface area (Å²) in [4.78, 5) is 15.6. The molecule has 3 rings (SSSR count). The molecule has 0 atom stereocenters. The van der Waals surface area contributed by atoms with Gasteiger partial charge in [0.05, 0.1) is 11.1 Å². The fourth-order valence-corrected chi connectivity index (χ4v) is 1.79. The van der Waals surface area contributed by atoms with Crippen molar-refractivity contribution >= 4 is 16.9 Å². The zero-order valence-electron chi connectivity index (χ0n) is 7.36. The number of pyridine rings is 1. The van der Waals surface area contributed by atoms with Crippen molar-refractivity contribution in [2.24, 2.45) is 0 Å². The number of hydrogen-bond acceptors (Lipinski definition) is 3. The summed E-state index contributed by atoms with van der Waals surface area (Å²) in [5, 5.41) is 0.936. The Balaban J connectivity index is 2.52. The van der Waals surface area contributed by atoms with Crippen LogP contribution in [0.4, 0.5) is 0 Å². The first-order valence-electron chi connectivity index (χ1n) is 4.40. The summed E-state index contributed by atoms with van der Waals surface area (Å²) in [6, 6.07) is 7.49. The zero-order valence-corrected chi connectivity index (χ0v) is 7.36. The lowest BCUT2D eigenvalue weighted by atomic mass is 10.0. The zero-order chi connectivity index (χ0) is 9.54. The van der Waals surface area contributed by atoms with Crippen LogP contribution in [0.1, 0.15) is 15.9 Å². The van der Waals surface area contributed by atoms with Gasteiger partial charge < -0.3 is 4.74 Å². The summed E-state index contributed by atoms with van der Waals surface area (Å²) in [5.41, 5.74) is 2.51. The van der Waals surface area contributed by atoms with Crippen LogP contribution in [0.25, 0.3) is 10.9 Å². The summed E-state index contributed by atoms with van der Waals surface area (Å²) >= 11 is 0. The summed E-state index contributed by atoms with van der Waals surface area (Å²) in [5.74, 6) is -0.254. The smallest absolute Gasteiger partial charge is 0.339 e. The van der Waals surface area contributed by atoms with Crippen LogP contribution >= 0.6 is 0 Å². The minimum atomic E-state index is -0.254. The van der Waals surface area contributed by atoms with E-state index in [9.17, 15) is 4.79 Å². The third-order valence-corrected chi connectivity index (χ3v) is 2.43. The van der Waals surface area contributed by atoms with Crippen LogP contribution in [0.2, 0.25) is 0 Å². The van der Waals surface area contributed by atoms with Gasteiger partial charge in [-0.1, -0.05) is 12.1 Å². The number of benzene rings is 1. The molecule has 0 aliphatic carbocycles. The molecule has 0 spiro atoms. The molecule has 2 aromatic rings. The van der Waals surface area contributed by atoms with Gasteiger partial charge in [0.1, 0.15) is 6.61 Å². The molecule has 68 valence electrons. The maximum Gasteiger partial charge on any atom is 0.339 e. The van der Waals surface area contributed by atoms with Crippen molar-refractivity contribution in [3.05, 3.63) is 41.6 Å². The van der Waals surface area contributed by atoms with E-state index in [-0.39, 0.29) is 5.97 Å². The lowest BCUT2D eigenvalue weighted by molar-refractivity contribution is 0.0463. The molecule has 1 aromatic heterocycles. The van der Waals surface area contributed by atoms with Crippen molar-refractivity contribution in [2.45, 2.75) is 6.61 Å². The number of nitrogens with zero attached hydrogens (tertiary/aromatic N) is 1. The summed E-state index contributed by atoms with van der Waals surface area (Å²) in [6.45, 7) is 0.356. The van der Waals surface area contributed by atoms with E-state index in [4.69, 9.17) is 4.74 Å². The quantitative estimate of drug-likeness (QED) is 0.588. The Hall–Kier alpha value is -1.90. The van der Waals surface area contributed by atoms with E-state index in [2.05, 4.69) is 4.98 Å². The molecule has 0 fully saturated rings. The van der Waals surface area contributed by atoms with E-state index in [1.54, 1.807) is 12.3 Å². The third-order valence-electron chi connectivity index (χ3n) is 2.43. The first kappa shape index (κ1) is 7.50. The fraction of sp³-hybridized carbons (Fsp3) is 0.0909. The van der Waals surface area contributed by atoms with Gasteiger partial charge in [-0.05, 0) is 17.7 Å². The van der Waals surface area contributed by atoms with Crippen LogP contribution in [0.3, 0.4) is 0 Å². The lowest BCUT2D eigenvalue weighted by Gasteiger charge is -2.15. The van der Waals surface area contributed by atoms with Gasteiger partial charge in [-0.2, -0.15) is 0 Å². The molecule has 0 unspecified atom stereocenters. The van der Waals surface area contributed by atoms with Gasteiger partial charge in [-0.15, -0.1) is 0 Å². The van der Waals surface area contributed by atoms with Crippen LogP contribution in [-0.2, 0) is 11.3 Å². The van der Waals surface area contributed by atoms with Crippen LogP contribution in [0.15, 0.2) is 30.5 Å². The van der Waals surface area contributed by atoms with E-state index in [0.717, 1.165) is 16.5 Å².